The molecule has 0 atom stereocenters. The van der Waals surface area contributed by atoms with Gasteiger partial charge in [0.1, 0.15) is 17.4 Å². The Labute approximate surface area is 175 Å². The summed E-state index contributed by atoms with van der Waals surface area (Å²) in [4.78, 5) is 16.8. The van der Waals surface area contributed by atoms with Crippen LogP contribution in [0.3, 0.4) is 0 Å². The van der Waals surface area contributed by atoms with Crippen LogP contribution in [0.4, 0.5) is 5.69 Å². The molecule has 0 amide bonds. The van der Waals surface area contributed by atoms with Crippen molar-refractivity contribution in [2.75, 3.05) is 12.0 Å². The van der Waals surface area contributed by atoms with Crippen LogP contribution in [0.25, 0.3) is 22.2 Å². The highest BCUT2D eigenvalue weighted by atomic mass is 32.1. The molecule has 0 aliphatic heterocycles. The Morgan fingerprint density at radius 3 is 2.83 bits per heavy atom. The zero-order valence-corrected chi connectivity index (χ0v) is 16.8. The fraction of sp³-hybridized carbons (Fsp3) is 0.0909. The van der Waals surface area contributed by atoms with E-state index >= 15 is 0 Å². The van der Waals surface area contributed by atoms with Crippen molar-refractivity contribution < 1.29 is 9.15 Å². The molecule has 0 saturated carbocycles. The summed E-state index contributed by atoms with van der Waals surface area (Å²) in [6.45, 7) is 2.51. The molecule has 148 valence electrons. The van der Waals surface area contributed by atoms with E-state index in [-0.39, 0.29) is 5.71 Å². The third-order valence-electron chi connectivity index (χ3n) is 4.19. The Hall–Kier alpha value is -3.96. The molecular formula is C22H16N4O3S. The number of benzene rings is 2. The summed E-state index contributed by atoms with van der Waals surface area (Å²) >= 11 is 1.23. The van der Waals surface area contributed by atoms with Gasteiger partial charge in [-0.1, -0.05) is 18.2 Å². The molecule has 30 heavy (non-hydrogen) atoms. The lowest BCUT2D eigenvalue weighted by molar-refractivity contribution is 0.340. The summed E-state index contributed by atoms with van der Waals surface area (Å²) < 4.78 is 10.8. The monoisotopic (exact) mass is 416 g/mol. The molecule has 0 bridgehead atoms. The van der Waals surface area contributed by atoms with Gasteiger partial charge in [-0.25, -0.2) is 9.78 Å². The van der Waals surface area contributed by atoms with E-state index in [1.807, 2.05) is 37.3 Å². The van der Waals surface area contributed by atoms with Crippen molar-refractivity contribution in [1.82, 2.24) is 4.98 Å². The molecular weight excluding hydrogens is 400 g/mol. The zero-order valence-electron chi connectivity index (χ0n) is 16.0. The average molecular weight is 416 g/mol. The smallest absolute Gasteiger partial charge is 0.345 e. The van der Waals surface area contributed by atoms with Gasteiger partial charge in [-0.3, -0.25) is 5.43 Å². The molecule has 0 aliphatic carbocycles. The largest absolute Gasteiger partial charge is 0.494 e. The Morgan fingerprint density at radius 2 is 2.07 bits per heavy atom. The van der Waals surface area contributed by atoms with Gasteiger partial charge in [-0.2, -0.15) is 10.4 Å². The van der Waals surface area contributed by atoms with Crippen LogP contribution in [0, 0.1) is 11.3 Å². The van der Waals surface area contributed by atoms with Crippen LogP contribution in [0.2, 0.25) is 0 Å². The lowest BCUT2D eigenvalue weighted by Crippen LogP contribution is -2.04. The minimum absolute atomic E-state index is 0.116. The highest BCUT2D eigenvalue weighted by molar-refractivity contribution is 7.12. The first kappa shape index (κ1) is 19.4. The molecule has 4 aromatic rings. The van der Waals surface area contributed by atoms with E-state index in [4.69, 9.17) is 9.15 Å². The third-order valence-corrected chi connectivity index (χ3v) is 5.04. The molecule has 2 aromatic carbocycles. The number of ether oxygens (including phenoxy) is 1. The number of nitriles is 1. The van der Waals surface area contributed by atoms with Crippen molar-refractivity contribution >= 4 is 33.7 Å². The van der Waals surface area contributed by atoms with Gasteiger partial charge in [0.2, 0.25) is 0 Å². The summed E-state index contributed by atoms with van der Waals surface area (Å²) in [6.07, 6.45) is 0. The van der Waals surface area contributed by atoms with E-state index < -0.39 is 5.63 Å². The number of nitrogens with zero attached hydrogens (tertiary/aromatic N) is 3. The van der Waals surface area contributed by atoms with E-state index in [2.05, 4.69) is 15.5 Å². The van der Waals surface area contributed by atoms with Crippen molar-refractivity contribution in [3.05, 3.63) is 75.4 Å². The summed E-state index contributed by atoms with van der Waals surface area (Å²) in [5, 5.41) is 16.6. The summed E-state index contributed by atoms with van der Waals surface area (Å²) in [5.41, 5.74) is 4.49. The van der Waals surface area contributed by atoms with Gasteiger partial charge in [0.15, 0.2) is 10.7 Å². The van der Waals surface area contributed by atoms with Crippen LogP contribution in [0.15, 0.2) is 74.3 Å². The molecule has 7 nitrogen and oxygen atoms in total. The molecule has 0 radical (unpaired) electrons. The number of anilines is 1. The molecule has 0 fully saturated rings. The van der Waals surface area contributed by atoms with E-state index in [0.717, 1.165) is 11.1 Å². The van der Waals surface area contributed by atoms with Crippen molar-refractivity contribution in [2.45, 2.75) is 6.92 Å². The maximum absolute atomic E-state index is 12.3. The molecule has 1 N–H and O–H groups in total. The maximum atomic E-state index is 12.3. The first-order valence-electron chi connectivity index (χ1n) is 9.13. The number of thiazole rings is 1. The Kier molecular flexibility index (Phi) is 5.54. The number of nitrogens with one attached hydrogen (secondary N) is 1. The van der Waals surface area contributed by atoms with Gasteiger partial charge >= 0.3 is 5.63 Å². The number of fused-ring (bicyclic) bond motifs is 1. The second-order valence-electron chi connectivity index (χ2n) is 6.16. The fourth-order valence-corrected chi connectivity index (χ4v) is 3.54. The number of para-hydroxylation sites is 1. The van der Waals surface area contributed by atoms with Gasteiger partial charge in [-0.05, 0) is 43.3 Å². The number of hydrazone groups is 1. The molecule has 8 heteroatoms. The maximum Gasteiger partial charge on any atom is 0.345 e. The summed E-state index contributed by atoms with van der Waals surface area (Å²) in [7, 11) is 0. The van der Waals surface area contributed by atoms with E-state index in [9.17, 15) is 10.1 Å². The van der Waals surface area contributed by atoms with Crippen molar-refractivity contribution in [3.63, 3.8) is 0 Å². The zero-order chi connectivity index (χ0) is 20.9. The van der Waals surface area contributed by atoms with Crippen LogP contribution in [-0.4, -0.2) is 17.3 Å². The van der Waals surface area contributed by atoms with E-state index in [0.29, 0.717) is 34.1 Å². The highest BCUT2D eigenvalue weighted by Crippen LogP contribution is 2.23. The van der Waals surface area contributed by atoms with E-state index in [1.54, 1.807) is 35.7 Å². The third kappa shape index (κ3) is 4.06. The Balaban J connectivity index is 1.59. The second-order valence-corrected chi connectivity index (χ2v) is 7.02. The van der Waals surface area contributed by atoms with Crippen LogP contribution in [0.1, 0.15) is 11.9 Å². The number of hydrogen-bond acceptors (Lipinski definition) is 8. The van der Waals surface area contributed by atoms with Gasteiger partial charge in [0.05, 0.1) is 23.6 Å². The van der Waals surface area contributed by atoms with Crippen LogP contribution >= 0.6 is 11.3 Å². The summed E-state index contributed by atoms with van der Waals surface area (Å²) in [6, 6.07) is 18.3. The topological polar surface area (TPSA) is 101 Å². The van der Waals surface area contributed by atoms with Gasteiger partial charge in [-0.15, -0.1) is 11.3 Å². The minimum Gasteiger partial charge on any atom is -0.494 e. The average Bonchev–Trinajstić information content (AvgIpc) is 3.25. The van der Waals surface area contributed by atoms with Gasteiger partial charge in [0, 0.05) is 10.8 Å². The van der Waals surface area contributed by atoms with Crippen molar-refractivity contribution in [3.8, 4) is 23.1 Å². The van der Waals surface area contributed by atoms with Gasteiger partial charge in [0.25, 0.3) is 0 Å². The summed E-state index contributed by atoms with van der Waals surface area (Å²) in [5.74, 6) is 0.756. The number of rotatable bonds is 6. The molecule has 0 spiro atoms. The predicted octanol–water partition coefficient (Wildman–Crippen LogP) is 4.65. The van der Waals surface area contributed by atoms with E-state index in [1.165, 1.54) is 11.3 Å². The second kappa shape index (κ2) is 8.59. The molecule has 4 rings (SSSR count). The number of hydrogen-bond donors (Lipinski definition) is 1. The first-order chi connectivity index (χ1) is 14.7. The fourth-order valence-electron chi connectivity index (χ4n) is 2.78. The van der Waals surface area contributed by atoms with Crippen molar-refractivity contribution in [1.29, 1.82) is 5.26 Å². The van der Waals surface area contributed by atoms with Crippen LogP contribution in [-0.2, 0) is 0 Å². The molecule has 0 unspecified atom stereocenters. The molecule has 2 heterocycles. The highest BCUT2D eigenvalue weighted by Gasteiger charge is 2.14. The molecule has 0 saturated heterocycles. The lowest BCUT2D eigenvalue weighted by Gasteiger charge is -2.04. The Bertz CT molecular complexity index is 1320. The molecule has 2 aromatic heterocycles. The normalized spacial score (nSPS) is 11.3. The van der Waals surface area contributed by atoms with Crippen LogP contribution < -0.4 is 15.8 Å². The van der Waals surface area contributed by atoms with Crippen LogP contribution in [0.5, 0.6) is 5.75 Å². The SMILES string of the molecule is CCOc1ccc(NN=C(C#N)c2nc(-c3cc4ccccc4oc3=O)cs2)cc1. The first-order valence-corrected chi connectivity index (χ1v) is 10.0. The number of aromatic nitrogens is 1. The Morgan fingerprint density at radius 1 is 1.27 bits per heavy atom. The molecule has 0 aliphatic rings. The predicted molar refractivity (Wildman–Crippen MR) is 117 cm³/mol. The van der Waals surface area contributed by atoms with Crippen molar-refractivity contribution in [2.24, 2.45) is 5.10 Å². The lowest BCUT2D eigenvalue weighted by atomic mass is 10.1. The minimum atomic E-state index is -0.478. The van der Waals surface area contributed by atoms with Gasteiger partial charge < -0.3 is 9.15 Å². The standard InChI is InChI=1S/C22H16N4O3S/c1-2-28-16-9-7-15(8-10-16)25-26-18(12-23)21-24-19(13-30-21)17-11-14-5-3-4-6-20(14)29-22(17)27/h3-11,13,25H,2H2,1H3. The quantitative estimate of drug-likeness (QED) is 0.279.